The third-order valence-corrected chi connectivity index (χ3v) is 3.46. The maximum absolute atomic E-state index is 7.38. The molecule has 0 aromatic rings. The monoisotopic (exact) mass is 132 g/mol. The molecule has 1 aliphatic rings. The quantitative estimate of drug-likeness (QED) is 0.505. The Kier molecular flexibility index (Phi) is 1.56. The third kappa shape index (κ3) is 1.47. The molecule has 3 heteroatoms. The highest BCUT2D eigenvalue weighted by Gasteiger charge is 2.06. The van der Waals surface area contributed by atoms with Gasteiger partial charge in [0.1, 0.15) is 0 Å². The molecular weight excluding hydrogens is 120 g/mol. The molecule has 8 heavy (non-hydrogen) atoms. The van der Waals surface area contributed by atoms with Gasteiger partial charge in [0.2, 0.25) is 0 Å². The molecule has 0 unspecified atom stereocenters. The first-order valence-electron chi connectivity index (χ1n) is 2.99. The molecule has 1 heterocycles. The minimum absolute atomic E-state index is 0.868. The normalized spacial score (nSPS) is 27.5. The zero-order valence-electron chi connectivity index (χ0n) is 4.94. The summed E-state index contributed by atoms with van der Waals surface area (Å²) in [7, 11) is -1.58. The van der Waals surface area contributed by atoms with Gasteiger partial charge in [0, 0.05) is 11.5 Å². The first kappa shape index (κ1) is 6.08. The Morgan fingerprint density at radius 2 is 1.38 bits per heavy atom. The van der Waals surface area contributed by atoms with Gasteiger partial charge in [0.25, 0.3) is 0 Å². The Morgan fingerprint density at radius 1 is 0.875 bits per heavy atom. The van der Waals surface area contributed by atoms with Crippen LogP contribution < -0.4 is 0 Å². The lowest BCUT2D eigenvalue weighted by Crippen LogP contribution is -2.12. The van der Waals surface area contributed by atoms with E-state index in [4.69, 9.17) is 9.56 Å². The van der Waals surface area contributed by atoms with E-state index in [1.807, 2.05) is 0 Å². The Morgan fingerprint density at radius 3 is 1.62 bits per heavy atom. The van der Waals surface area contributed by atoms with E-state index in [0.717, 1.165) is 24.3 Å². The highest BCUT2D eigenvalue weighted by atomic mass is 32.2. The van der Waals surface area contributed by atoms with Gasteiger partial charge < -0.3 is 0 Å². The van der Waals surface area contributed by atoms with E-state index in [-0.39, 0.29) is 0 Å². The van der Waals surface area contributed by atoms with E-state index in [0.29, 0.717) is 0 Å². The van der Waals surface area contributed by atoms with Crippen LogP contribution in [-0.4, -0.2) is 11.5 Å². The van der Waals surface area contributed by atoms with Crippen molar-refractivity contribution in [3.63, 3.8) is 0 Å². The minimum atomic E-state index is -1.58. The highest BCUT2D eigenvalue weighted by Crippen LogP contribution is 2.11. The van der Waals surface area contributed by atoms with Gasteiger partial charge in [-0.3, -0.25) is 9.56 Å². The number of rotatable bonds is 0. The molecule has 2 nitrogen and oxygen atoms in total. The maximum atomic E-state index is 7.38. The summed E-state index contributed by atoms with van der Waals surface area (Å²) >= 11 is 0. The standard InChI is InChI=1S/C5H12N2S/c6-8(7)4-2-1-3-5-8/h6-7H,1-5H2. The lowest BCUT2D eigenvalue weighted by atomic mass is 10.3. The third-order valence-electron chi connectivity index (χ3n) is 1.49. The molecular formula is C5H12N2S. The SMILES string of the molecule is N=S1(=N)CCCCC1. The number of nitrogens with one attached hydrogen (secondary N) is 2. The first-order chi connectivity index (χ1) is 3.71. The number of hydrogen-bond acceptors (Lipinski definition) is 2. The van der Waals surface area contributed by atoms with Crippen LogP contribution in [0.1, 0.15) is 19.3 Å². The Bertz CT molecular complexity index is 145. The van der Waals surface area contributed by atoms with Crippen molar-refractivity contribution >= 4 is 9.62 Å². The fourth-order valence-electron chi connectivity index (χ4n) is 0.976. The van der Waals surface area contributed by atoms with E-state index >= 15 is 0 Å². The fourth-order valence-corrected chi connectivity index (χ4v) is 2.57. The van der Waals surface area contributed by atoms with Crippen LogP contribution in [0.25, 0.3) is 0 Å². The molecule has 48 valence electrons. The fraction of sp³-hybridized carbons (Fsp3) is 1.00. The predicted octanol–water partition coefficient (Wildman–Crippen LogP) is 1.85. The molecule has 0 atom stereocenters. The molecule has 0 amide bonds. The molecule has 1 fully saturated rings. The summed E-state index contributed by atoms with van der Waals surface area (Å²) < 4.78 is 14.8. The van der Waals surface area contributed by atoms with Crippen molar-refractivity contribution in [2.45, 2.75) is 19.3 Å². The second-order valence-electron chi connectivity index (χ2n) is 2.35. The van der Waals surface area contributed by atoms with Crippen molar-refractivity contribution in [3.8, 4) is 0 Å². The molecule has 0 saturated carbocycles. The van der Waals surface area contributed by atoms with Crippen LogP contribution in [0.2, 0.25) is 0 Å². The van der Waals surface area contributed by atoms with E-state index in [1.165, 1.54) is 6.42 Å². The average molecular weight is 132 g/mol. The summed E-state index contributed by atoms with van der Waals surface area (Å²) in [6.45, 7) is 0. The van der Waals surface area contributed by atoms with Crippen molar-refractivity contribution in [1.29, 1.82) is 9.56 Å². The molecule has 0 aromatic heterocycles. The first-order valence-corrected chi connectivity index (χ1v) is 4.96. The van der Waals surface area contributed by atoms with Crippen molar-refractivity contribution in [1.82, 2.24) is 0 Å². The van der Waals surface area contributed by atoms with Crippen molar-refractivity contribution < 1.29 is 0 Å². The summed E-state index contributed by atoms with van der Waals surface area (Å²) in [6.07, 6.45) is 3.51. The van der Waals surface area contributed by atoms with Gasteiger partial charge >= 0.3 is 0 Å². The van der Waals surface area contributed by atoms with Crippen LogP contribution in [0.4, 0.5) is 0 Å². The molecule has 0 aliphatic carbocycles. The minimum Gasteiger partial charge on any atom is -0.270 e. The molecule has 1 rings (SSSR count). The summed E-state index contributed by atoms with van der Waals surface area (Å²) in [4.78, 5) is 0. The molecule has 1 aliphatic heterocycles. The van der Waals surface area contributed by atoms with E-state index in [1.54, 1.807) is 0 Å². The van der Waals surface area contributed by atoms with Gasteiger partial charge in [0.05, 0.1) is 0 Å². The number of hydrogen-bond donors (Lipinski definition) is 2. The lowest BCUT2D eigenvalue weighted by molar-refractivity contribution is 0.753. The van der Waals surface area contributed by atoms with Crippen molar-refractivity contribution in [2.24, 2.45) is 0 Å². The second kappa shape index (κ2) is 2.05. The predicted molar refractivity (Wildman–Crippen MR) is 36.4 cm³/mol. The molecule has 0 radical (unpaired) electrons. The van der Waals surface area contributed by atoms with Gasteiger partial charge in [-0.1, -0.05) is 16.0 Å². The zero-order valence-corrected chi connectivity index (χ0v) is 5.76. The summed E-state index contributed by atoms with van der Waals surface area (Å²) in [5.41, 5.74) is 0. The van der Waals surface area contributed by atoms with E-state index in [9.17, 15) is 0 Å². The topological polar surface area (TPSA) is 47.7 Å². The summed E-state index contributed by atoms with van der Waals surface area (Å²) in [5, 5.41) is 0. The van der Waals surface area contributed by atoms with Crippen LogP contribution in [0, 0.1) is 9.56 Å². The van der Waals surface area contributed by atoms with Crippen LogP contribution in [-0.2, 0) is 9.62 Å². The van der Waals surface area contributed by atoms with Gasteiger partial charge in [-0.15, -0.1) is 0 Å². The Hall–Kier alpha value is -0.0500. The van der Waals surface area contributed by atoms with Gasteiger partial charge in [-0.05, 0) is 12.8 Å². The Labute approximate surface area is 50.7 Å². The van der Waals surface area contributed by atoms with Gasteiger partial charge in [-0.2, -0.15) is 0 Å². The van der Waals surface area contributed by atoms with Crippen molar-refractivity contribution in [2.75, 3.05) is 11.5 Å². The molecule has 1 saturated heterocycles. The molecule has 2 N–H and O–H groups in total. The summed E-state index contributed by atoms with van der Waals surface area (Å²) in [6, 6.07) is 0. The average Bonchev–Trinajstić information content (AvgIpc) is 1.65. The van der Waals surface area contributed by atoms with Gasteiger partial charge in [0.15, 0.2) is 0 Å². The van der Waals surface area contributed by atoms with Crippen LogP contribution in [0.15, 0.2) is 0 Å². The molecule has 0 spiro atoms. The van der Waals surface area contributed by atoms with Crippen LogP contribution >= 0.6 is 0 Å². The van der Waals surface area contributed by atoms with Crippen molar-refractivity contribution in [3.05, 3.63) is 0 Å². The lowest BCUT2D eigenvalue weighted by Gasteiger charge is -2.15. The summed E-state index contributed by atoms with van der Waals surface area (Å²) in [5.74, 6) is 1.74. The van der Waals surface area contributed by atoms with Gasteiger partial charge in [-0.25, -0.2) is 0 Å². The maximum Gasteiger partial charge on any atom is 0.0130 e. The largest absolute Gasteiger partial charge is 0.270 e. The second-order valence-corrected chi connectivity index (χ2v) is 4.94. The molecule has 0 bridgehead atoms. The highest BCUT2D eigenvalue weighted by molar-refractivity contribution is 7.93. The van der Waals surface area contributed by atoms with E-state index < -0.39 is 9.62 Å². The molecule has 0 aromatic carbocycles. The smallest absolute Gasteiger partial charge is 0.0130 e. The van der Waals surface area contributed by atoms with Crippen LogP contribution in [0.3, 0.4) is 0 Å². The van der Waals surface area contributed by atoms with E-state index in [2.05, 4.69) is 0 Å². The Balaban J connectivity index is 2.58. The van der Waals surface area contributed by atoms with Crippen LogP contribution in [0.5, 0.6) is 0 Å². The zero-order chi connectivity index (χ0) is 6.04.